The second-order valence-corrected chi connectivity index (χ2v) is 3.80. The van der Waals surface area contributed by atoms with Gasteiger partial charge < -0.3 is 16.0 Å². The molecule has 4 nitrogen and oxygen atoms in total. The number of pyridine rings is 1. The summed E-state index contributed by atoms with van der Waals surface area (Å²) in [6.07, 6.45) is 2.90. The van der Waals surface area contributed by atoms with E-state index in [9.17, 15) is 0 Å². The second-order valence-electron chi connectivity index (χ2n) is 3.80. The Labute approximate surface area is 97.9 Å². The maximum Gasteiger partial charge on any atom is 0.146 e. The van der Waals surface area contributed by atoms with Gasteiger partial charge in [0.25, 0.3) is 0 Å². The lowest BCUT2D eigenvalue weighted by atomic mass is 10.3. The summed E-state index contributed by atoms with van der Waals surface area (Å²) in [6, 6.07) is 3.85. The Morgan fingerprint density at radius 2 is 2.19 bits per heavy atom. The van der Waals surface area contributed by atoms with Gasteiger partial charge in [0.2, 0.25) is 0 Å². The van der Waals surface area contributed by atoms with Crippen LogP contribution < -0.4 is 11.1 Å². The van der Waals surface area contributed by atoms with Gasteiger partial charge in [0.05, 0.1) is 5.69 Å². The minimum Gasteiger partial charge on any atom is -0.382 e. The van der Waals surface area contributed by atoms with Crippen LogP contribution in [-0.2, 0) is 0 Å². The summed E-state index contributed by atoms with van der Waals surface area (Å²) in [7, 11) is 0. The Morgan fingerprint density at radius 3 is 2.81 bits per heavy atom. The maximum absolute atomic E-state index is 5.74. The molecule has 0 saturated carbocycles. The molecule has 0 aliphatic rings. The molecule has 0 aliphatic carbocycles. The lowest BCUT2D eigenvalue weighted by Crippen LogP contribution is -2.29. The van der Waals surface area contributed by atoms with Gasteiger partial charge >= 0.3 is 0 Å². The van der Waals surface area contributed by atoms with Gasteiger partial charge in [0, 0.05) is 19.3 Å². The second kappa shape index (κ2) is 7.06. The number of hydrogen-bond acceptors (Lipinski definition) is 4. The van der Waals surface area contributed by atoms with Gasteiger partial charge in [0.15, 0.2) is 0 Å². The molecule has 4 heteroatoms. The van der Waals surface area contributed by atoms with Crippen LogP contribution >= 0.6 is 0 Å². The van der Waals surface area contributed by atoms with Crippen LogP contribution in [0.3, 0.4) is 0 Å². The molecular weight excluding hydrogens is 200 g/mol. The van der Waals surface area contributed by atoms with Gasteiger partial charge in [-0.1, -0.05) is 13.8 Å². The van der Waals surface area contributed by atoms with Gasteiger partial charge in [-0.3, -0.25) is 0 Å². The fraction of sp³-hybridized carbons (Fsp3) is 0.583. The highest BCUT2D eigenvalue weighted by Gasteiger charge is 2.01. The highest BCUT2D eigenvalue weighted by atomic mass is 15.1. The van der Waals surface area contributed by atoms with Gasteiger partial charge in [-0.15, -0.1) is 0 Å². The predicted molar refractivity (Wildman–Crippen MR) is 69.5 cm³/mol. The van der Waals surface area contributed by atoms with E-state index in [4.69, 9.17) is 5.73 Å². The van der Waals surface area contributed by atoms with Crippen molar-refractivity contribution in [1.29, 1.82) is 0 Å². The summed E-state index contributed by atoms with van der Waals surface area (Å²) in [5, 5.41) is 3.31. The van der Waals surface area contributed by atoms with Crippen molar-refractivity contribution in [2.24, 2.45) is 0 Å². The molecule has 0 unspecified atom stereocenters. The van der Waals surface area contributed by atoms with Crippen molar-refractivity contribution < 1.29 is 0 Å². The Balaban J connectivity index is 2.32. The number of hydrogen-bond donors (Lipinski definition) is 2. The highest BCUT2D eigenvalue weighted by molar-refractivity contribution is 5.60. The van der Waals surface area contributed by atoms with Crippen LogP contribution in [0.2, 0.25) is 0 Å². The molecule has 0 bridgehead atoms. The van der Waals surface area contributed by atoms with Crippen molar-refractivity contribution in [3.8, 4) is 0 Å². The largest absolute Gasteiger partial charge is 0.382 e. The van der Waals surface area contributed by atoms with Crippen molar-refractivity contribution in [2.45, 2.75) is 20.3 Å². The third-order valence-electron chi connectivity index (χ3n) is 2.57. The SMILES string of the molecule is CCCN(CC)CCNc1cccnc1N. The van der Waals surface area contributed by atoms with Crippen molar-refractivity contribution in [2.75, 3.05) is 37.2 Å². The highest BCUT2D eigenvalue weighted by Crippen LogP contribution is 2.12. The summed E-state index contributed by atoms with van der Waals surface area (Å²) in [4.78, 5) is 6.45. The van der Waals surface area contributed by atoms with Gasteiger partial charge in [0.1, 0.15) is 5.82 Å². The fourth-order valence-electron chi connectivity index (χ4n) is 1.66. The van der Waals surface area contributed by atoms with Crippen molar-refractivity contribution in [3.05, 3.63) is 18.3 Å². The summed E-state index contributed by atoms with van der Waals surface area (Å²) >= 11 is 0. The van der Waals surface area contributed by atoms with Crippen LogP contribution in [-0.4, -0.2) is 36.1 Å². The van der Waals surface area contributed by atoms with E-state index in [1.165, 1.54) is 6.42 Å². The van der Waals surface area contributed by atoms with E-state index in [1.54, 1.807) is 6.20 Å². The van der Waals surface area contributed by atoms with Crippen LogP contribution in [0.15, 0.2) is 18.3 Å². The quantitative estimate of drug-likeness (QED) is 0.738. The van der Waals surface area contributed by atoms with Gasteiger partial charge in [-0.05, 0) is 31.6 Å². The zero-order chi connectivity index (χ0) is 11.8. The first kappa shape index (κ1) is 12.8. The first-order chi connectivity index (χ1) is 7.77. The molecule has 0 saturated heterocycles. The summed E-state index contributed by atoms with van der Waals surface area (Å²) < 4.78 is 0. The monoisotopic (exact) mass is 222 g/mol. The van der Waals surface area contributed by atoms with Crippen LogP contribution in [0.25, 0.3) is 0 Å². The van der Waals surface area contributed by atoms with Gasteiger partial charge in [-0.25, -0.2) is 4.98 Å². The van der Waals surface area contributed by atoms with Crippen LogP contribution in [0.1, 0.15) is 20.3 Å². The molecule has 0 aromatic carbocycles. The number of anilines is 2. The number of aromatic nitrogens is 1. The molecule has 90 valence electrons. The third kappa shape index (κ3) is 4.06. The molecule has 1 aromatic heterocycles. The smallest absolute Gasteiger partial charge is 0.146 e. The normalized spacial score (nSPS) is 10.7. The summed E-state index contributed by atoms with van der Waals surface area (Å²) in [5.74, 6) is 0.570. The van der Waals surface area contributed by atoms with E-state index >= 15 is 0 Å². The van der Waals surface area contributed by atoms with E-state index in [1.807, 2.05) is 12.1 Å². The van der Waals surface area contributed by atoms with Crippen molar-refractivity contribution in [3.63, 3.8) is 0 Å². The van der Waals surface area contributed by atoms with E-state index in [2.05, 4.69) is 29.0 Å². The third-order valence-corrected chi connectivity index (χ3v) is 2.57. The number of nitrogens with zero attached hydrogens (tertiary/aromatic N) is 2. The Morgan fingerprint density at radius 1 is 1.38 bits per heavy atom. The number of rotatable bonds is 7. The number of nitrogens with two attached hydrogens (primary N) is 1. The maximum atomic E-state index is 5.74. The molecule has 1 heterocycles. The molecule has 1 rings (SSSR count). The summed E-state index contributed by atoms with van der Waals surface area (Å²) in [5.41, 5.74) is 6.67. The van der Waals surface area contributed by atoms with Gasteiger partial charge in [-0.2, -0.15) is 0 Å². The molecule has 1 aromatic rings. The topological polar surface area (TPSA) is 54.2 Å². The van der Waals surface area contributed by atoms with E-state index in [0.717, 1.165) is 31.9 Å². The minimum atomic E-state index is 0.570. The Hall–Kier alpha value is -1.29. The zero-order valence-electron chi connectivity index (χ0n) is 10.2. The first-order valence-electron chi connectivity index (χ1n) is 5.94. The predicted octanol–water partition coefficient (Wildman–Crippen LogP) is 1.81. The van der Waals surface area contributed by atoms with Crippen LogP contribution in [0.5, 0.6) is 0 Å². The summed E-state index contributed by atoms with van der Waals surface area (Å²) in [6.45, 7) is 8.59. The average molecular weight is 222 g/mol. The first-order valence-corrected chi connectivity index (χ1v) is 5.94. The fourth-order valence-corrected chi connectivity index (χ4v) is 1.66. The molecular formula is C12H22N4. The number of nitrogens with one attached hydrogen (secondary N) is 1. The van der Waals surface area contributed by atoms with Crippen LogP contribution in [0, 0.1) is 0 Å². The minimum absolute atomic E-state index is 0.570. The van der Waals surface area contributed by atoms with Crippen LogP contribution in [0.4, 0.5) is 11.5 Å². The number of likely N-dealkylation sites (N-methyl/N-ethyl adjacent to an activating group) is 1. The van der Waals surface area contributed by atoms with E-state index in [-0.39, 0.29) is 0 Å². The molecule has 0 atom stereocenters. The zero-order valence-corrected chi connectivity index (χ0v) is 10.2. The van der Waals surface area contributed by atoms with E-state index in [0.29, 0.717) is 5.82 Å². The number of nitrogen functional groups attached to an aromatic ring is 1. The average Bonchev–Trinajstić information content (AvgIpc) is 2.30. The lowest BCUT2D eigenvalue weighted by Gasteiger charge is -2.20. The molecule has 0 spiro atoms. The molecule has 3 N–H and O–H groups in total. The molecule has 0 radical (unpaired) electrons. The van der Waals surface area contributed by atoms with E-state index < -0.39 is 0 Å². The molecule has 16 heavy (non-hydrogen) atoms. The lowest BCUT2D eigenvalue weighted by molar-refractivity contribution is 0.300. The molecule has 0 amide bonds. The molecule has 0 aliphatic heterocycles. The molecule has 0 fully saturated rings. The van der Waals surface area contributed by atoms with Crippen molar-refractivity contribution >= 4 is 11.5 Å². The Kier molecular flexibility index (Phi) is 5.64. The standard InChI is InChI=1S/C12H22N4/c1-3-9-16(4-2)10-8-14-11-6-5-7-15-12(11)13/h5-7,14H,3-4,8-10H2,1-2H3,(H2,13,15). The van der Waals surface area contributed by atoms with Crippen molar-refractivity contribution in [1.82, 2.24) is 9.88 Å². The Bertz CT molecular complexity index is 301.